The predicted molar refractivity (Wildman–Crippen MR) is 108 cm³/mol. The number of likely N-dealkylation sites (tertiary alicyclic amines) is 1. The lowest BCUT2D eigenvalue weighted by Gasteiger charge is -2.31. The van der Waals surface area contributed by atoms with Crippen LogP contribution in [-0.4, -0.2) is 47.5 Å². The summed E-state index contributed by atoms with van der Waals surface area (Å²) in [6.07, 6.45) is 12.1. The molecule has 0 amide bonds. The summed E-state index contributed by atoms with van der Waals surface area (Å²) in [6, 6.07) is 5.13. The zero-order chi connectivity index (χ0) is 19.6. The van der Waals surface area contributed by atoms with E-state index in [1.807, 2.05) is 24.7 Å². The van der Waals surface area contributed by atoms with Crippen LogP contribution in [0.25, 0.3) is 5.82 Å². The molecule has 0 spiro atoms. The largest absolute Gasteiger partial charge is 0.299 e. The minimum atomic E-state index is -0.0590. The van der Waals surface area contributed by atoms with Crippen LogP contribution in [0, 0.1) is 5.92 Å². The summed E-state index contributed by atoms with van der Waals surface area (Å²) in [7, 11) is 0. The molecule has 2 aliphatic rings. The van der Waals surface area contributed by atoms with Crippen LogP contribution in [0.3, 0.4) is 0 Å². The zero-order valence-electron chi connectivity index (χ0n) is 16.4. The summed E-state index contributed by atoms with van der Waals surface area (Å²) in [5.74, 6) is 2.73. The molecule has 0 radical (unpaired) electrons. The van der Waals surface area contributed by atoms with E-state index < -0.39 is 0 Å². The highest BCUT2D eigenvalue weighted by Crippen LogP contribution is 2.37. The van der Waals surface area contributed by atoms with Crippen LogP contribution in [0.1, 0.15) is 43.0 Å². The van der Waals surface area contributed by atoms with Gasteiger partial charge in [0.25, 0.3) is 5.56 Å². The second-order valence-electron chi connectivity index (χ2n) is 8.11. The number of rotatable bonds is 6. The van der Waals surface area contributed by atoms with Crippen molar-refractivity contribution in [3.8, 4) is 5.82 Å². The molecule has 1 saturated heterocycles. The maximum absolute atomic E-state index is 12.2. The molecule has 0 unspecified atom stereocenters. The minimum absolute atomic E-state index is 0.0590. The minimum Gasteiger partial charge on any atom is -0.299 e. The van der Waals surface area contributed by atoms with E-state index in [2.05, 4.69) is 25.1 Å². The molecule has 1 saturated carbocycles. The van der Waals surface area contributed by atoms with Crippen LogP contribution >= 0.6 is 0 Å². The van der Waals surface area contributed by atoms with Gasteiger partial charge in [0.05, 0.1) is 0 Å². The van der Waals surface area contributed by atoms with Gasteiger partial charge in [-0.25, -0.2) is 19.3 Å². The van der Waals surface area contributed by atoms with Gasteiger partial charge in [-0.05, 0) is 56.8 Å². The number of hydrogen-bond acceptors (Lipinski definition) is 6. The first kappa shape index (κ1) is 18.2. The lowest BCUT2D eigenvalue weighted by atomic mass is 9.96. The van der Waals surface area contributed by atoms with E-state index in [9.17, 15) is 4.79 Å². The normalized spacial score (nSPS) is 18.2. The first-order chi connectivity index (χ1) is 14.2. The van der Waals surface area contributed by atoms with Gasteiger partial charge < -0.3 is 0 Å². The molecule has 0 N–H and O–H groups in total. The van der Waals surface area contributed by atoms with Gasteiger partial charge in [-0.2, -0.15) is 5.10 Å². The summed E-state index contributed by atoms with van der Waals surface area (Å²) in [4.78, 5) is 23.7. The molecular formula is C21H25N7O. The summed E-state index contributed by atoms with van der Waals surface area (Å²) in [6.45, 7) is 3.58. The molecule has 8 nitrogen and oxygen atoms in total. The average molecular weight is 391 g/mol. The molecule has 4 heterocycles. The molecular weight excluding hydrogens is 366 g/mol. The molecule has 0 bridgehead atoms. The Kier molecular flexibility index (Phi) is 4.93. The van der Waals surface area contributed by atoms with Gasteiger partial charge in [-0.3, -0.25) is 9.69 Å². The standard InChI is InChI=1S/C21H25N7O/c29-20-5-4-19(27-9-1-8-24-27)25-28(20)15-16-6-10-26(11-7-16)14-17-12-22-21(23-13-17)18-2-3-18/h1,4-5,8-9,12-13,16,18H,2-3,6-7,10-11,14-15H2. The van der Waals surface area contributed by atoms with E-state index in [4.69, 9.17) is 0 Å². The average Bonchev–Trinajstić information content (AvgIpc) is 3.45. The highest BCUT2D eigenvalue weighted by molar-refractivity contribution is 5.17. The SMILES string of the molecule is O=c1ccc(-n2cccn2)nn1CC1CCN(Cc2cnc(C3CC3)nc2)CC1. The van der Waals surface area contributed by atoms with Crippen molar-refractivity contribution in [1.29, 1.82) is 0 Å². The van der Waals surface area contributed by atoms with Crippen LogP contribution in [0.5, 0.6) is 0 Å². The van der Waals surface area contributed by atoms with E-state index >= 15 is 0 Å². The second-order valence-corrected chi connectivity index (χ2v) is 8.11. The molecule has 5 rings (SSSR count). The Morgan fingerprint density at radius 2 is 1.83 bits per heavy atom. The van der Waals surface area contributed by atoms with Gasteiger partial charge >= 0.3 is 0 Å². The van der Waals surface area contributed by atoms with Crippen molar-refractivity contribution in [3.05, 3.63) is 64.7 Å². The monoisotopic (exact) mass is 391 g/mol. The summed E-state index contributed by atoms with van der Waals surface area (Å²) >= 11 is 0. The third-order valence-corrected chi connectivity index (χ3v) is 5.80. The first-order valence-electron chi connectivity index (χ1n) is 10.4. The molecule has 0 atom stereocenters. The van der Waals surface area contributed by atoms with Crippen molar-refractivity contribution in [2.24, 2.45) is 5.92 Å². The highest BCUT2D eigenvalue weighted by Gasteiger charge is 2.26. The van der Waals surface area contributed by atoms with Gasteiger partial charge in [0.15, 0.2) is 5.82 Å². The summed E-state index contributed by atoms with van der Waals surface area (Å²) in [5, 5.41) is 8.69. The van der Waals surface area contributed by atoms with Crippen LogP contribution in [0.4, 0.5) is 0 Å². The van der Waals surface area contributed by atoms with Gasteiger partial charge in [0.2, 0.25) is 0 Å². The second kappa shape index (κ2) is 7.87. The lowest BCUT2D eigenvalue weighted by Crippen LogP contribution is -2.36. The fourth-order valence-corrected chi connectivity index (χ4v) is 3.92. The summed E-state index contributed by atoms with van der Waals surface area (Å²) in [5.41, 5.74) is 1.12. The third kappa shape index (κ3) is 4.27. The van der Waals surface area contributed by atoms with Crippen molar-refractivity contribution in [2.75, 3.05) is 13.1 Å². The van der Waals surface area contributed by atoms with Crippen molar-refractivity contribution in [2.45, 2.75) is 44.7 Å². The Hall–Kier alpha value is -2.87. The van der Waals surface area contributed by atoms with E-state index in [-0.39, 0.29) is 5.56 Å². The van der Waals surface area contributed by atoms with E-state index in [1.54, 1.807) is 27.7 Å². The molecule has 150 valence electrons. The maximum Gasteiger partial charge on any atom is 0.266 e. The Balaban J connectivity index is 1.17. The van der Waals surface area contributed by atoms with Crippen LogP contribution in [-0.2, 0) is 13.1 Å². The molecule has 1 aliphatic carbocycles. The first-order valence-corrected chi connectivity index (χ1v) is 10.4. The lowest BCUT2D eigenvalue weighted by molar-refractivity contribution is 0.163. The summed E-state index contributed by atoms with van der Waals surface area (Å²) < 4.78 is 3.26. The van der Waals surface area contributed by atoms with Crippen molar-refractivity contribution < 1.29 is 0 Å². The Bertz CT molecular complexity index is 1000. The van der Waals surface area contributed by atoms with Crippen LogP contribution in [0.2, 0.25) is 0 Å². The third-order valence-electron chi connectivity index (χ3n) is 5.80. The Morgan fingerprint density at radius 3 is 2.52 bits per heavy atom. The van der Waals surface area contributed by atoms with Crippen molar-refractivity contribution in [3.63, 3.8) is 0 Å². The van der Waals surface area contributed by atoms with Gasteiger partial charge in [0, 0.05) is 55.4 Å². The van der Waals surface area contributed by atoms with E-state index in [0.717, 1.165) is 38.3 Å². The van der Waals surface area contributed by atoms with Crippen LogP contribution < -0.4 is 5.56 Å². The van der Waals surface area contributed by atoms with Gasteiger partial charge in [-0.1, -0.05) is 0 Å². The highest BCUT2D eigenvalue weighted by atomic mass is 16.1. The van der Waals surface area contributed by atoms with Crippen molar-refractivity contribution in [1.82, 2.24) is 34.4 Å². The van der Waals surface area contributed by atoms with Crippen molar-refractivity contribution >= 4 is 0 Å². The quantitative estimate of drug-likeness (QED) is 0.639. The molecule has 29 heavy (non-hydrogen) atoms. The Labute approximate surface area is 169 Å². The fourth-order valence-electron chi connectivity index (χ4n) is 3.92. The molecule has 3 aromatic heterocycles. The fraction of sp³-hybridized carbons (Fsp3) is 0.476. The molecule has 8 heteroatoms. The number of hydrogen-bond donors (Lipinski definition) is 0. The molecule has 2 fully saturated rings. The number of aromatic nitrogens is 6. The zero-order valence-corrected chi connectivity index (χ0v) is 16.4. The molecule has 1 aliphatic heterocycles. The predicted octanol–water partition coefficient (Wildman–Crippen LogP) is 2.01. The van der Waals surface area contributed by atoms with Crippen LogP contribution in [0.15, 0.2) is 47.8 Å². The van der Waals surface area contributed by atoms with Gasteiger partial charge in [-0.15, -0.1) is 5.10 Å². The maximum atomic E-state index is 12.2. The number of nitrogens with zero attached hydrogens (tertiary/aromatic N) is 7. The molecule has 3 aromatic rings. The number of piperidine rings is 1. The van der Waals surface area contributed by atoms with E-state index in [1.165, 1.54) is 18.4 Å². The topological polar surface area (TPSA) is 81.7 Å². The Morgan fingerprint density at radius 1 is 1.03 bits per heavy atom. The smallest absolute Gasteiger partial charge is 0.266 e. The van der Waals surface area contributed by atoms with E-state index in [0.29, 0.717) is 24.2 Å². The van der Waals surface area contributed by atoms with Gasteiger partial charge in [0.1, 0.15) is 5.82 Å². The molecule has 0 aromatic carbocycles.